The van der Waals surface area contributed by atoms with Crippen LogP contribution >= 0.6 is 0 Å². The van der Waals surface area contributed by atoms with Gasteiger partial charge in [0.05, 0.1) is 25.2 Å². The standard InChI is InChI=1S/C22H38N2O6/c1-5-27-19(25)17-9-11-18(12-10-17)29-22(23-13-6-7-14-23,24-15-8-16-28-24)20(26)30-21(2,3)4/h17-18H,5-16H2,1-4H3. The number of esters is 2. The number of rotatable bonds is 7. The predicted molar refractivity (Wildman–Crippen MR) is 110 cm³/mol. The van der Waals surface area contributed by atoms with E-state index >= 15 is 0 Å². The van der Waals surface area contributed by atoms with Crippen LogP contribution in [-0.4, -0.2) is 72.3 Å². The van der Waals surface area contributed by atoms with Gasteiger partial charge in [-0.2, -0.15) is 0 Å². The summed E-state index contributed by atoms with van der Waals surface area (Å²) < 4.78 is 17.7. The van der Waals surface area contributed by atoms with E-state index in [0.717, 1.165) is 32.4 Å². The average molecular weight is 427 g/mol. The van der Waals surface area contributed by atoms with Gasteiger partial charge in [0.1, 0.15) is 5.60 Å². The quantitative estimate of drug-likeness (QED) is 0.575. The number of hydrogen-bond acceptors (Lipinski definition) is 8. The largest absolute Gasteiger partial charge is 0.466 e. The molecule has 2 aliphatic heterocycles. The van der Waals surface area contributed by atoms with E-state index in [1.165, 1.54) is 0 Å². The number of carbonyl (C=O) groups is 2. The highest BCUT2D eigenvalue weighted by Gasteiger charge is 2.57. The Bertz CT molecular complexity index is 569. The molecule has 0 aromatic heterocycles. The van der Waals surface area contributed by atoms with E-state index in [1.54, 1.807) is 5.06 Å². The van der Waals surface area contributed by atoms with E-state index in [2.05, 4.69) is 4.90 Å². The first-order valence-corrected chi connectivity index (χ1v) is 11.5. The summed E-state index contributed by atoms with van der Waals surface area (Å²) in [5.41, 5.74) is -0.632. The molecular formula is C22H38N2O6. The molecule has 8 heteroatoms. The van der Waals surface area contributed by atoms with Gasteiger partial charge in [0.25, 0.3) is 0 Å². The van der Waals surface area contributed by atoms with Gasteiger partial charge in [-0.3, -0.25) is 14.5 Å². The Balaban J connectivity index is 1.80. The maximum atomic E-state index is 13.6. The number of carbonyl (C=O) groups excluding carboxylic acids is 2. The van der Waals surface area contributed by atoms with Gasteiger partial charge < -0.3 is 14.2 Å². The van der Waals surface area contributed by atoms with Crippen molar-refractivity contribution in [2.24, 2.45) is 5.92 Å². The van der Waals surface area contributed by atoms with Crippen molar-refractivity contribution in [1.29, 1.82) is 0 Å². The molecule has 1 saturated carbocycles. The number of hydrogen-bond donors (Lipinski definition) is 0. The Morgan fingerprint density at radius 2 is 1.67 bits per heavy atom. The molecule has 0 spiro atoms. The minimum absolute atomic E-state index is 0.0875. The lowest BCUT2D eigenvalue weighted by Crippen LogP contribution is -2.67. The second-order valence-electron chi connectivity index (χ2n) is 9.44. The van der Waals surface area contributed by atoms with Crippen LogP contribution in [0.2, 0.25) is 0 Å². The summed E-state index contributed by atoms with van der Waals surface area (Å²) in [6.07, 6.45) is 5.54. The number of nitrogens with zero attached hydrogens (tertiary/aromatic N) is 2. The van der Waals surface area contributed by atoms with Crippen molar-refractivity contribution in [1.82, 2.24) is 9.96 Å². The summed E-state index contributed by atoms with van der Waals surface area (Å²) in [7, 11) is 0. The van der Waals surface area contributed by atoms with Gasteiger partial charge in [0.15, 0.2) is 0 Å². The third-order valence-corrected chi connectivity index (χ3v) is 5.92. The zero-order chi connectivity index (χ0) is 21.8. The minimum atomic E-state index is -1.37. The Labute approximate surface area is 180 Å². The van der Waals surface area contributed by atoms with Crippen molar-refractivity contribution in [2.75, 3.05) is 32.8 Å². The molecule has 2 saturated heterocycles. The molecule has 30 heavy (non-hydrogen) atoms. The van der Waals surface area contributed by atoms with Gasteiger partial charge in [-0.05, 0) is 72.6 Å². The summed E-state index contributed by atoms with van der Waals surface area (Å²) in [4.78, 5) is 33.7. The molecule has 1 atom stereocenters. The van der Waals surface area contributed by atoms with Crippen LogP contribution in [0.4, 0.5) is 0 Å². The van der Waals surface area contributed by atoms with E-state index in [0.29, 0.717) is 45.4 Å². The lowest BCUT2D eigenvalue weighted by atomic mass is 9.87. The first-order chi connectivity index (χ1) is 14.3. The predicted octanol–water partition coefficient (Wildman–Crippen LogP) is 2.85. The monoisotopic (exact) mass is 426 g/mol. The highest BCUT2D eigenvalue weighted by molar-refractivity contribution is 5.79. The zero-order valence-corrected chi connectivity index (χ0v) is 19.0. The van der Waals surface area contributed by atoms with Crippen molar-refractivity contribution >= 4 is 11.9 Å². The smallest absolute Gasteiger partial charge is 0.373 e. The van der Waals surface area contributed by atoms with Gasteiger partial charge in [-0.1, -0.05) is 0 Å². The molecule has 0 aromatic rings. The zero-order valence-electron chi connectivity index (χ0n) is 19.0. The third-order valence-electron chi connectivity index (χ3n) is 5.92. The number of likely N-dealkylation sites (tertiary alicyclic amines) is 1. The van der Waals surface area contributed by atoms with Crippen LogP contribution in [0.3, 0.4) is 0 Å². The third kappa shape index (κ3) is 5.33. The van der Waals surface area contributed by atoms with Crippen LogP contribution in [0.5, 0.6) is 0 Å². The van der Waals surface area contributed by atoms with E-state index in [-0.39, 0.29) is 18.0 Å². The van der Waals surface area contributed by atoms with Crippen LogP contribution < -0.4 is 0 Å². The normalized spacial score (nSPS) is 28.3. The molecule has 0 bridgehead atoms. The van der Waals surface area contributed by atoms with Crippen LogP contribution in [-0.2, 0) is 28.6 Å². The molecule has 0 aromatic carbocycles. The average Bonchev–Trinajstić information content (AvgIpc) is 3.40. The maximum absolute atomic E-state index is 13.6. The SMILES string of the molecule is CCOC(=O)C1CCC(OC(C(=O)OC(C)(C)C)(N2CCCC2)N2CCCO2)CC1. The van der Waals surface area contributed by atoms with Gasteiger partial charge in [-0.15, -0.1) is 5.06 Å². The second-order valence-corrected chi connectivity index (χ2v) is 9.44. The number of hydroxylamine groups is 2. The lowest BCUT2D eigenvalue weighted by molar-refractivity contribution is -0.347. The fraction of sp³-hybridized carbons (Fsp3) is 0.909. The van der Waals surface area contributed by atoms with Crippen molar-refractivity contribution in [3.8, 4) is 0 Å². The van der Waals surface area contributed by atoms with Gasteiger partial charge in [0.2, 0.25) is 0 Å². The highest BCUT2D eigenvalue weighted by Crippen LogP contribution is 2.37. The molecular weight excluding hydrogens is 388 g/mol. The van der Waals surface area contributed by atoms with E-state index in [1.807, 2.05) is 27.7 Å². The molecule has 1 aliphatic carbocycles. The molecule has 1 unspecified atom stereocenters. The first-order valence-electron chi connectivity index (χ1n) is 11.5. The van der Waals surface area contributed by atoms with Crippen molar-refractivity contribution < 1.29 is 28.6 Å². The minimum Gasteiger partial charge on any atom is -0.466 e. The molecule has 0 radical (unpaired) electrons. The molecule has 0 amide bonds. The first kappa shape index (κ1) is 23.4. The van der Waals surface area contributed by atoms with E-state index < -0.39 is 17.4 Å². The van der Waals surface area contributed by atoms with Crippen molar-refractivity contribution in [2.45, 2.75) is 90.2 Å². The Kier molecular flexibility index (Phi) is 7.76. The van der Waals surface area contributed by atoms with Gasteiger partial charge >= 0.3 is 17.8 Å². The molecule has 0 N–H and O–H groups in total. The summed E-state index contributed by atoms with van der Waals surface area (Å²) in [5, 5.41) is 1.70. The summed E-state index contributed by atoms with van der Waals surface area (Å²) in [6.45, 7) is 10.5. The fourth-order valence-electron chi connectivity index (χ4n) is 4.53. The van der Waals surface area contributed by atoms with Crippen molar-refractivity contribution in [3.63, 3.8) is 0 Å². The molecule has 2 heterocycles. The van der Waals surface area contributed by atoms with Crippen LogP contribution in [0.15, 0.2) is 0 Å². The van der Waals surface area contributed by atoms with Crippen LogP contribution in [0.25, 0.3) is 0 Å². The van der Waals surface area contributed by atoms with Gasteiger partial charge in [0, 0.05) is 19.6 Å². The second kappa shape index (κ2) is 9.94. The van der Waals surface area contributed by atoms with E-state index in [4.69, 9.17) is 19.0 Å². The molecule has 172 valence electrons. The Hall–Kier alpha value is -1.22. The summed E-state index contributed by atoms with van der Waals surface area (Å²) in [5.74, 6) is -2.00. The maximum Gasteiger partial charge on any atom is 0.373 e. The van der Waals surface area contributed by atoms with Crippen LogP contribution in [0, 0.1) is 5.92 Å². The Morgan fingerprint density at radius 1 is 1.00 bits per heavy atom. The van der Waals surface area contributed by atoms with Crippen molar-refractivity contribution in [3.05, 3.63) is 0 Å². The summed E-state index contributed by atoms with van der Waals surface area (Å²) >= 11 is 0. The highest BCUT2D eigenvalue weighted by atomic mass is 16.7. The van der Waals surface area contributed by atoms with Crippen LogP contribution in [0.1, 0.15) is 72.6 Å². The fourth-order valence-corrected chi connectivity index (χ4v) is 4.53. The molecule has 8 nitrogen and oxygen atoms in total. The lowest BCUT2D eigenvalue weighted by Gasteiger charge is -2.47. The number of ether oxygens (including phenoxy) is 3. The van der Waals surface area contributed by atoms with E-state index in [9.17, 15) is 9.59 Å². The molecule has 3 rings (SSSR count). The topological polar surface area (TPSA) is 77.5 Å². The Morgan fingerprint density at radius 3 is 2.20 bits per heavy atom. The summed E-state index contributed by atoms with van der Waals surface area (Å²) in [6, 6.07) is 0. The van der Waals surface area contributed by atoms with Gasteiger partial charge in [-0.25, -0.2) is 4.79 Å². The molecule has 3 fully saturated rings. The molecule has 3 aliphatic rings.